The third-order valence-corrected chi connectivity index (χ3v) is 4.68. The normalized spacial score (nSPS) is 18.1. The molecule has 1 aliphatic heterocycles. The van der Waals surface area contributed by atoms with E-state index in [0.29, 0.717) is 18.4 Å². The molecule has 0 saturated carbocycles. The molecule has 3 rings (SSSR count). The van der Waals surface area contributed by atoms with Gasteiger partial charge in [-0.15, -0.1) is 0 Å². The fraction of sp³-hybridized carbons (Fsp3) is 0.421. The number of hydrogen-bond acceptors (Lipinski definition) is 4. The fourth-order valence-corrected chi connectivity index (χ4v) is 3.30. The summed E-state index contributed by atoms with van der Waals surface area (Å²) < 4.78 is 0. The molecule has 1 aromatic heterocycles. The molecule has 0 spiro atoms. The number of H-pyrrole nitrogens is 1. The number of amides is 1. The van der Waals surface area contributed by atoms with Crippen LogP contribution in [-0.4, -0.2) is 51.4 Å². The molecule has 1 amide bonds. The van der Waals surface area contributed by atoms with E-state index < -0.39 is 0 Å². The molecule has 0 bridgehead atoms. The van der Waals surface area contributed by atoms with Crippen LogP contribution in [0.25, 0.3) is 0 Å². The first kappa shape index (κ1) is 17.2. The number of hydrogen-bond donors (Lipinski definition) is 1. The third-order valence-electron chi connectivity index (χ3n) is 4.68. The molecule has 6 nitrogen and oxygen atoms in total. The zero-order valence-electron chi connectivity index (χ0n) is 14.5. The number of piperazine rings is 1. The van der Waals surface area contributed by atoms with Gasteiger partial charge in [0.15, 0.2) is 0 Å². The van der Waals surface area contributed by atoms with Crippen molar-refractivity contribution in [2.24, 2.45) is 0 Å². The Morgan fingerprint density at radius 1 is 1.36 bits per heavy atom. The number of benzene rings is 1. The second kappa shape index (κ2) is 7.95. The zero-order valence-corrected chi connectivity index (χ0v) is 14.5. The molecule has 1 atom stereocenters. The summed E-state index contributed by atoms with van der Waals surface area (Å²) in [5.41, 5.74) is 2.88. The van der Waals surface area contributed by atoms with E-state index in [9.17, 15) is 4.79 Å². The number of carbonyl (C=O) groups excluding carboxylic acids is 1. The molecule has 130 valence electrons. The van der Waals surface area contributed by atoms with E-state index in [1.807, 2.05) is 29.2 Å². The number of rotatable bonds is 5. The van der Waals surface area contributed by atoms with Crippen LogP contribution in [0.5, 0.6) is 0 Å². The van der Waals surface area contributed by atoms with Crippen LogP contribution in [0.2, 0.25) is 0 Å². The van der Waals surface area contributed by atoms with Crippen molar-refractivity contribution in [1.29, 1.82) is 5.26 Å². The van der Waals surface area contributed by atoms with E-state index in [1.165, 1.54) is 5.56 Å². The molecule has 25 heavy (non-hydrogen) atoms. The summed E-state index contributed by atoms with van der Waals surface area (Å²) in [6.45, 7) is 5.47. The van der Waals surface area contributed by atoms with Crippen molar-refractivity contribution in [2.45, 2.75) is 32.4 Å². The Balaban J connectivity index is 1.49. The number of aromatic amines is 1. The highest BCUT2D eigenvalue weighted by molar-refractivity contribution is 5.76. The van der Waals surface area contributed by atoms with Crippen molar-refractivity contribution < 1.29 is 4.79 Å². The molecule has 1 saturated heterocycles. The van der Waals surface area contributed by atoms with Gasteiger partial charge in [0, 0.05) is 50.5 Å². The van der Waals surface area contributed by atoms with E-state index in [4.69, 9.17) is 5.26 Å². The van der Waals surface area contributed by atoms with Gasteiger partial charge < -0.3 is 9.88 Å². The van der Waals surface area contributed by atoms with Crippen molar-refractivity contribution in [3.63, 3.8) is 0 Å². The Kier molecular flexibility index (Phi) is 5.46. The van der Waals surface area contributed by atoms with Gasteiger partial charge in [0.1, 0.15) is 0 Å². The number of nitriles is 1. The van der Waals surface area contributed by atoms with Crippen LogP contribution in [0, 0.1) is 11.3 Å². The molecule has 1 aliphatic rings. The first-order valence-corrected chi connectivity index (χ1v) is 8.64. The number of nitrogens with one attached hydrogen (secondary N) is 1. The zero-order chi connectivity index (χ0) is 17.6. The monoisotopic (exact) mass is 337 g/mol. The highest BCUT2D eigenvalue weighted by atomic mass is 16.2. The lowest BCUT2D eigenvalue weighted by atomic mass is 10.1. The van der Waals surface area contributed by atoms with Gasteiger partial charge in [0.25, 0.3) is 0 Å². The van der Waals surface area contributed by atoms with Crippen LogP contribution in [0.15, 0.2) is 36.8 Å². The van der Waals surface area contributed by atoms with Crippen molar-refractivity contribution in [3.8, 4) is 6.07 Å². The van der Waals surface area contributed by atoms with Crippen LogP contribution in [0.4, 0.5) is 0 Å². The fourth-order valence-electron chi connectivity index (χ4n) is 3.30. The topological polar surface area (TPSA) is 76.0 Å². The highest BCUT2D eigenvalue weighted by Crippen LogP contribution is 2.15. The minimum atomic E-state index is 0.208. The smallest absolute Gasteiger partial charge is 0.223 e. The molecule has 1 aromatic carbocycles. The summed E-state index contributed by atoms with van der Waals surface area (Å²) in [5, 5.41) is 8.87. The van der Waals surface area contributed by atoms with Gasteiger partial charge in [-0.3, -0.25) is 9.69 Å². The van der Waals surface area contributed by atoms with Crippen LogP contribution in [0.3, 0.4) is 0 Å². The van der Waals surface area contributed by atoms with Crippen molar-refractivity contribution in [3.05, 3.63) is 53.6 Å². The van der Waals surface area contributed by atoms with Gasteiger partial charge in [-0.2, -0.15) is 5.26 Å². The van der Waals surface area contributed by atoms with E-state index in [-0.39, 0.29) is 11.9 Å². The van der Waals surface area contributed by atoms with Gasteiger partial charge in [-0.05, 0) is 31.0 Å². The third kappa shape index (κ3) is 4.46. The summed E-state index contributed by atoms with van der Waals surface area (Å²) in [6.07, 6.45) is 4.63. The average molecular weight is 337 g/mol. The first-order chi connectivity index (χ1) is 12.2. The van der Waals surface area contributed by atoms with Crippen molar-refractivity contribution in [2.75, 3.05) is 19.6 Å². The maximum atomic E-state index is 12.5. The van der Waals surface area contributed by atoms with Gasteiger partial charge in [0.05, 0.1) is 18.0 Å². The van der Waals surface area contributed by atoms with Crippen molar-refractivity contribution in [1.82, 2.24) is 19.8 Å². The minimum Gasteiger partial charge on any atom is -0.348 e. The second-order valence-electron chi connectivity index (χ2n) is 6.56. The molecular formula is C19H23N5O. The van der Waals surface area contributed by atoms with Gasteiger partial charge >= 0.3 is 0 Å². The van der Waals surface area contributed by atoms with E-state index in [1.54, 1.807) is 12.5 Å². The lowest BCUT2D eigenvalue weighted by molar-refractivity contribution is -0.135. The molecule has 0 radical (unpaired) electrons. The van der Waals surface area contributed by atoms with Crippen LogP contribution in [-0.2, 0) is 17.8 Å². The molecule has 2 heterocycles. The van der Waals surface area contributed by atoms with Crippen LogP contribution in [0.1, 0.15) is 30.2 Å². The Labute approximate surface area is 148 Å². The first-order valence-electron chi connectivity index (χ1n) is 8.64. The lowest BCUT2D eigenvalue weighted by Crippen LogP contribution is -2.53. The lowest BCUT2D eigenvalue weighted by Gasteiger charge is -2.40. The molecule has 1 fully saturated rings. The standard InChI is InChI=1S/C19H23N5O/c1-15-12-23(13-17-4-2-16(10-20)3-5-17)8-9-24(15)19(25)7-6-18-11-21-14-22-18/h2-5,11,14-15H,6-9,12-13H2,1H3,(H,21,22)/t15-/m0/s1. The van der Waals surface area contributed by atoms with E-state index >= 15 is 0 Å². The Hall–Kier alpha value is -2.65. The molecule has 6 heteroatoms. The second-order valence-corrected chi connectivity index (χ2v) is 6.56. The number of aromatic nitrogens is 2. The van der Waals surface area contributed by atoms with Crippen molar-refractivity contribution >= 4 is 5.91 Å². The quantitative estimate of drug-likeness (QED) is 0.905. The maximum Gasteiger partial charge on any atom is 0.223 e. The predicted molar refractivity (Wildman–Crippen MR) is 94.5 cm³/mol. The average Bonchev–Trinajstić information content (AvgIpc) is 3.14. The molecular weight excluding hydrogens is 314 g/mol. The molecule has 1 N–H and O–H groups in total. The minimum absolute atomic E-state index is 0.208. The summed E-state index contributed by atoms with van der Waals surface area (Å²) in [4.78, 5) is 23.9. The SMILES string of the molecule is C[C@H]1CN(Cc2ccc(C#N)cc2)CCN1C(=O)CCc1cnc[nH]1. The Morgan fingerprint density at radius 2 is 2.16 bits per heavy atom. The molecule has 0 aliphatic carbocycles. The van der Waals surface area contributed by atoms with E-state index in [2.05, 4.69) is 27.9 Å². The molecule has 2 aromatic rings. The Bertz CT molecular complexity index is 732. The van der Waals surface area contributed by atoms with E-state index in [0.717, 1.165) is 31.9 Å². The largest absolute Gasteiger partial charge is 0.348 e. The summed E-state index contributed by atoms with van der Waals surface area (Å²) >= 11 is 0. The maximum absolute atomic E-state index is 12.5. The molecule has 0 unspecified atom stereocenters. The Morgan fingerprint density at radius 3 is 2.80 bits per heavy atom. The van der Waals surface area contributed by atoms with Gasteiger partial charge in [-0.1, -0.05) is 12.1 Å². The van der Waals surface area contributed by atoms with Crippen LogP contribution < -0.4 is 0 Å². The summed E-state index contributed by atoms with van der Waals surface area (Å²) in [7, 11) is 0. The van der Waals surface area contributed by atoms with Gasteiger partial charge in [0.2, 0.25) is 5.91 Å². The summed E-state index contributed by atoms with van der Waals surface area (Å²) in [5.74, 6) is 0.208. The highest BCUT2D eigenvalue weighted by Gasteiger charge is 2.27. The predicted octanol–water partition coefficient (Wildman–Crippen LogP) is 1.95. The number of aryl methyl sites for hydroxylation is 1. The number of nitrogens with zero attached hydrogens (tertiary/aromatic N) is 4. The van der Waals surface area contributed by atoms with Gasteiger partial charge in [-0.25, -0.2) is 4.98 Å². The number of carbonyl (C=O) groups is 1. The van der Waals surface area contributed by atoms with Crippen LogP contribution >= 0.6 is 0 Å². The number of imidazole rings is 1. The summed E-state index contributed by atoms with van der Waals surface area (Å²) in [6, 6.07) is 10.1.